The van der Waals surface area contributed by atoms with Gasteiger partial charge in [0.05, 0.1) is 18.3 Å². The zero-order valence-electron chi connectivity index (χ0n) is 14.2. The molecule has 4 rings (SSSR count). The van der Waals surface area contributed by atoms with Gasteiger partial charge in [0.1, 0.15) is 5.78 Å². The number of hydrogen-bond acceptors (Lipinski definition) is 4. The Balaban J connectivity index is 1.73. The first-order valence-electron chi connectivity index (χ1n) is 9.36. The summed E-state index contributed by atoms with van der Waals surface area (Å²) in [4.78, 5) is 12.4. The van der Waals surface area contributed by atoms with Crippen molar-refractivity contribution in [1.82, 2.24) is 0 Å². The van der Waals surface area contributed by atoms with E-state index in [1.165, 1.54) is 0 Å². The van der Waals surface area contributed by atoms with E-state index in [1.807, 2.05) is 0 Å². The van der Waals surface area contributed by atoms with Crippen molar-refractivity contribution in [2.24, 2.45) is 34.5 Å². The summed E-state index contributed by atoms with van der Waals surface area (Å²) in [5, 5.41) is 31.8. The van der Waals surface area contributed by atoms with E-state index in [0.717, 1.165) is 32.1 Å². The van der Waals surface area contributed by atoms with Crippen LogP contribution in [0.2, 0.25) is 0 Å². The van der Waals surface area contributed by atoms with Gasteiger partial charge in [0, 0.05) is 11.8 Å². The third-order valence-corrected chi connectivity index (χ3v) is 8.43. The molecule has 0 spiro atoms. The van der Waals surface area contributed by atoms with Crippen LogP contribution in [0.25, 0.3) is 0 Å². The molecule has 130 valence electrons. The summed E-state index contributed by atoms with van der Waals surface area (Å²) in [6, 6.07) is 0. The third kappa shape index (κ3) is 1.98. The van der Waals surface area contributed by atoms with Crippen LogP contribution in [0.4, 0.5) is 0 Å². The lowest BCUT2D eigenvalue weighted by Crippen LogP contribution is -2.64. The first-order valence-corrected chi connectivity index (χ1v) is 9.36. The highest BCUT2D eigenvalue weighted by molar-refractivity contribution is 5.87. The highest BCUT2D eigenvalue weighted by atomic mass is 16.3. The SMILES string of the molecule is C[C@]12CC[C@H](O)CC1[C@@H](O)[C@H](O)C1C2CC[C@]2(C)C(=O)CCC12. The van der Waals surface area contributed by atoms with E-state index in [-0.39, 0.29) is 34.7 Å². The smallest absolute Gasteiger partial charge is 0.139 e. The van der Waals surface area contributed by atoms with Gasteiger partial charge in [-0.1, -0.05) is 13.8 Å². The summed E-state index contributed by atoms with van der Waals surface area (Å²) in [7, 11) is 0. The van der Waals surface area contributed by atoms with E-state index < -0.39 is 12.2 Å². The number of fused-ring (bicyclic) bond motifs is 5. The van der Waals surface area contributed by atoms with Crippen LogP contribution >= 0.6 is 0 Å². The molecule has 0 heterocycles. The number of Topliss-reactive ketones (excluding diaryl/α,β-unsaturated/α-hetero) is 1. The molecule has 0 aromatic rings. The molecule has 4 unspecified atom stereocenters. The fourth-order valence-electron chi connectivity index (χ4n) is 7.01. The van der Waals surface area contributed by atoms with E-state index in [1.54, 1.807) is 0 Å². The molecule has 0 radical (unpaired) electrons. The maximum atomic E-state index is 12.4. The highest BCUT2D eigenvalue weighted by Crippen LogP contribution is 2.65. The van der Waals surface area contributed by atoms with Crippen LogP contribution < -0.4 is 0 Å². The van der Waals surface area contributed by atoms with Crippen LogP contribution in [0.15, 0.2) is 0 Å². The lowest BCUT2D eigenvalue weighted by atomic mass is 9.44. The summed E-state index contributed by atoms with van der Waals surface area (Å²) in [5.41, 5.74) is -0.311. The summed E-state index contributed by atoms with van der Waals surface area (Å²) in [6.07, 6.45) is 3.82. The van der Waals surface area contributed by atoms with Crippen LogP contribution in [0.5, 0.6) is 0 Å². The zero-order valence-corrected chi connectivity index (χ0v) is 14.2. The van der Waals surface area contributed by atoms with E-state index >= 15 is 0 Å². The molecule has 3 N–H and O–H groups in total. The molecule has 4 saturated carbocycles. The van der Waals surface area contributed by atoms with Crippen molar-refractivity contribution in [2.45, 2.75) is 77.1 Å². The fraction of sp³-hybridized carbons (Fsp3) is 0.947. The number of aliphatic hydroxyl groups is 3. The number of aliphatic hydroxyl groups excluding tert-OH is 3. The third-order valence-electron chi connectivity index (χ3n) is 8.43. The number of hydrogen-bond donors (Lipinski definition) is 3. The van der Waals surface area contributed by atoms with Crippen molar-refractivity contribution in [2.75, 3.05) is 0 Å². The normalized spacial score (nSPS) is 59.2. The molecule has 4 fully saturated rings. The maximum absolute atomic E-state index is 12.4. The molecule has 4 nitrogen and oxygen atoms in total. The Morgan fingerprint density at radius 2 is 1.65 bits per heavy atom. The van der Waals surface area contributed by atoms with Gasteiger partial charge < -0.3 is 15.3 Å². The summed E-state index contributed by atoms with van der Waals surface area (Å²) >= 11 is 0. The van der Waals surface area contributed by atoms with Gasteiger partial charge in [0.25, 0.3) is 0 Å². The van der Waals surface area contributed by atoms with Crippen LogP contribution in [-0.2, 0) is 4.79 Å². The lowest BCUT2D eigenvalue weighted by Gasteiger charge is -2.62. The Kier molecular flexibility index (Phi) is 3.51. The van der Waals surface area contributed by atoms with E-state index in [4.69, 9.17) is 0 Å². The van der Waals surface area contributed by atoms with Gasteiger partial charge in [-0.2, -0.15) is 0 Å². The predicted octanol–water partition coefficient (Wildman–Crippen LogP) is 1.90. The van der Waals surface area contributed by atoms with Gasteiger partial charge in [-0.25, -0.2) is 0 Å². The zero-order chi connectivity index (χ0) is 16.6. The van der Waals surface area contributed by atoms with Gasteiger partial charge in [0.2, 0.25) is 0 Å². The minimum atomic E-state index is -0.769. The molecule has 4 aliphatic carbocycles. The maximum Gasteiger partial charge on any atom is 0.139 e. The average molecular weight is 322 g/mol. The largest absolute Gasteiger partial charge is 0.393 e. The summed E-state index contributed by atoms with van der Waals surface area (Å²) < 4.78 is 0. The van der Waals surface area contributed by atoms with Gasteiger partial charge in [0.15, 0.2) is 0 Å². The number of ketones is 1. The first kappa shape index (κ1) is 16.0. The van der Waals surface area contributed by atoms with Crippen molar-refractivity contribution in [3.63, 3.8) is 0 Å². The van der Waals surface area contributed by atoms with Crippen LogP contribution in [-0.4, -0.2) is 39.4 Å². The van der Waals surface area contributed by atoms with E-state index in [0.29, 0.717) is 24.5 Å². The van der Waals surface area contributed by atoms with Gasteiger partial charge in [-0.05, 0) is 67.6 Å². The van der Waals surface area contributed by atoms with Crippen molar-refractivity contribution in [1.29, 1.82) is 0 Å². The quantitative estimate of drug-likeness (QED) is 0.636. The van der Waals surface area contributed by atoms with Gasteiger partial charge >= 0.3 is 0 Å². The minimum Gasteiger partial charge on any atom is -0.393 e. The molecule has 0 aromatic carbocycles. The Morgan fingerprint density at radius 3 is 2.39 bits per heavy atom. The Morgan fingerprint density at radius 1 is 0.913 bits per heavy atom. The molecule has 0 aromatic heterocycles. The average Bonchev–Trinajstić information content (AvgIpc) is 2.82. The van der Waals surface area contributed by atoms with Gasteiger partial charge in [-0.15, -0.1) is 0 Å². The molecule has 0 aliphatic heterocycles. The number of carbonyl (C=O) groups is 1. The minimum absolute atomic E-state index is 0.0183. The first-order chi connectivity index (χ1) is 10.8. The molecule has 23 heavy (non-hydrogen) atoms. The fourth-order valence-corrected chi connectivity index (χ4v) is 7.01. The molecule has 0 amide bonds. The monoisotopic (exact) mass is 322 g/mol. The molecule has 4 aliphatic rings. The second-order valence-corrected chi connectivity index (χ2v) is 9.23. The van der Waals surface area contributed by atoms with Gasteiger partial charge in [-0.3, -0.25) is 4.79 Å². The standard InChI is InChI=1S/C19H30O4/c1-18-7-5-10(20)9-13(18)16(22)17(23)15-11-3-4-14(21)19(11,2)8-6-12(15)18/h10-13,15-17,20,22-23H,3-9H2,1-2H3/t10-,11?,12?,13?,15?,16+,17+,18+,19-/m0/s1. The Hall–Kier alpha value is -0.450. The Labute approximate surface area is 138 Å². The molecule has 0 saturated heterocycles. The highest BCUT2D eigenvalue weighted by Gasteiger charge is 2.64. The Bertz CT molecular complexity index is 519. The van der Waals surface area contributed by atoms with E-state index in [2.05, 4.69) is 13.8 Å². The second-order valence-electron chi connectivity index (χ2n) is 9.23. The molecule has 0 bridgehead atoms. The lowest BCUT2D eigenvalue weighted by molar-refractivity contribution is -0.219. The van der Waals surface area contributed by atoms with Crippen LogP contribution in [0.1, 0.15) is 58.8 Å². The molecular weight excluding hydrogens is 292 g/mol. The van der Waals surface area contributed by atoms with Crippen molar-refractivity contribution < 1.29 is 20.1 Å². The summed E-state index contributed by atoms with van der Waals surface area (Å²) in [6.45, 7) is 4.34. The van der Waals surface area contributed by atoms with Crippen molar-refractivity contribution >= 4 is 5.78 Å². The number of carbonyl (C=O) groups excluding carboxylic acids is 1. The van der Waals surface area contributed by atoms with E-state index in [9.17, 15) is 20.1 Å². The topological polar surface area (TPSA) is 77.8 Å². The van der Waals surface area contributed by atoms with Crippen LogP contribution in [0.3, 0.4) is 0 Å². The van der Waals surface area contributed by atoms with Crippen LogP contribution in [0, 0.1) is 34.5 Å². The van der Waals surface area contributed by atoms with Crippen molar-refractivity contribution in [3.05, 3.63) is 0 Å². The van der Waals surface area contributed by atoms with Crippen molar-refractivity contribution in [3.8, 4) is 0 Å². The number of rotatable bonds is 0. The molecule has 9 atom stereocenters. The molecular formula is C19H30O4. The summed E-state index contributed by atoms with van der Waals surface area (Å²) in [5.74, 6) is 0.940. The second kappa shape index (κ2) is 5.03. The molecule has 4 heteroatoms. The predicted molar refractivity (Wildman–Crippen MR) is 85.5 cm³/mol.